The van der Waals surface area contributed by atoms with Crippen LogP contribution in [0.1, 0.15) is 27.9 Å². The van der Waals surface area contributed by atoms with Gasteiger partial charge < -0.3 is 15.0 Å². The fourth-order valence-electron chi connectivity index (χ4n) is 3.70. The van der Waals surface area contributed by atoms with Crippen molar-refractivity contribution in [3.05, 3.63) is 52.3 Å². The summed E-state index contributed by atoms with van der Waals surface area (Å²) in [5.74, 6) is 1.26. The Morgan fingerprint density at radius 3 is 2.83 bits per heavy atom. The molecule has 2 aromatic heterocycles. The Hall–Kier alpha value is -2.87. The van der Waals surface area contributed by atoms with E-state index in [9.17, 15) is 9.18 Å². The van der Waals surface area contributed by atoms with Crippen LogP contribution in [0.2, 0.25) is 5.15 Å². The second-order valence-corrected chi connectivity index (χ2v) is 7.71. The van der Waals surface area contributed by atoms with Gasteiger partial charge in [-0.1, -0.05) is 23.7 Å². The summed E-state index contributed by atoms with van der Waals surface area (Å²) >= 11 is 6.44. The van der Waals surface area contributed by atoms with E-state index in [4.69, 9.17) is 16.3 Å². The fraction of sp³-hybridized carbons (Fsp3) is 0.350. The second-order valence-electron chi connectivity index (χ2n) is 7.35. The first-order valence-corrected chi connectivity index (χ1v) is 9.82. The highest BCUT2D eigenvalue weighted by Crippen LogP contribution is 2.35. The summed E-state index contributed by atoms with van der Waals surface area (Å²) in [5, 5.41) is 7.44. The van der Waals surface area contributed by atoms with Gasteiger partial charge >= 0.3 is 0 Å². The third-order valence-electron chi connectivity index (χ3n) is 5.40. The minimum absolute atomic E-state index is 0.296. The van der Waals surface area contributed by atoms with E-state index in [0.717, 1.165) is 35.7 Å². The van der Waals surface area contributed by atoms with Gasteiger partial charge in [-0.15, -0.1) is 0 Å². The van der Waals surface area contributed by atoms with Crippen molar-refractivity contribution in [3.8, 4) is 5.75 Å². The number of benzene rings is 1. The molecule has 29 heavy (non-hydrogen) atoms. The van der Waals surface area contributed by atoms with Gasteiger partial charge in [0.15, 0.2) is 5.65 Å². The minimum Gasteiger partial charge on any atom is -0.497 e. The summed E-state index contributed by atoms with van der Waals surface area (Å²) in [6.07, 6.45) is 1.60. The van der Waals surface area contributed by atoms with E-state index >= 15 is 0 Å². The van der Waals surface area contributed by atoms with Crippen molar-refractivity contribution in [1.29, 1.82) is 0 Å². The molecular formula is C20H19ClFN5O2. The van der Waals surface area contributed by atoms with Gasteiger partial charge in [0.1, 0.15) is 28.5 Å². The lowest BCUT2D eigenvalue weighted by atomic mass is 10.2. The molecule has 0 saturated heterocycles. The van der Waals surface area contributed by atoms with Crippen molar-refractivity contribution < 1.29 is 13.9 Å². The first-order chi connectivity index (χ1) is 14.0. The third-order valence-corrected chi connectivity index (χ3v) is 5.72. The standard InChI is InChI=1S/C20H19ClFN5O2/c1-29-12-4-2-11(3-5-12)10-26-7-6-13-17(21)25-18-14(9-23-27(18)20(13)26)19(28)24-16-8-15(16)22/h2-5,9,15-16H,6-8,10H2,1H3,(H,24,28)/t15-,16+/m1/s1. The molecule has 1 N–H and O–H groups in total. The summed E-state index contributed by atoms with van der Waals surface area (Å²) in [4.78, 5) is 19.1. The highest BCUT2D eigenvalue weighted by molar-refractivity contribution is 6.30. The molecule has 150 valence electrons. The zero-order valence-electron chi connectivity index (χ0n) is 15.7. The molecule has 3 aromatic rings. The van der Waals surface area contributed by atoms with Gasteiger partial charge in [0.2, 0.25) is 0 Å². The molecule has 7 nitrogen and oxygen atoms in total. The van der Waals surface area contributed by atoms with Gasteiger partial charge in [0.25, 0.3) is 5.91 Å². The van der Waals surface area contributed by atoms with E-state index in [2.05, 4.69) is 20.3 Å². The number of alkyl halides is 1. The van der Waals surface area contributed by atoms with Crippen LogP contribution < -0.4 is 15.0 Å². The van der Waals surface area contributed by atoms with E-state index in [1.165, 1.54) is 6.20 Å². The van der Waals surface area contributed by atoms with Crippen molar-refractivity contribution in [1.82, 2.24) is 19.9 Å². The van der Waals surface area contributed by atoms with Crippen molar-refractivity contribution >= 4 is 29.0 Å². The molecule has 2 aliphatic rings. The van der Waals surface area contributed by atoms with Crippen LogP contribution in [0.25, 0.3) is 5.65 Å². The van der Waals surface area contributed by atoms with Gasteiger partial charge in [-0.2, -0.15) is 9.61 Å². The number of nitrogens with zero attached hydrogens (tertiary/aromatic N) is 4. The number of amides is 1. The number of anilines is 1. The van der Waals surface area contributed by atoms with Crippen LogP contribution in [0.5, 0.6) is 5.75 Å². The molecule has 5 rings (SSSR count). The molecular weight excluding hydrogens is 397 g/mol. The predicted molar refractivity (Wildman–Crippen MR) is 107 cm³/mol. The highest BCUT2D eigenvalue weighted by Gasteiger charge is 2.39. The minimum atomic E-state index is -0.971. The molecule has 1 amide bonds. The van der Waals surface area contributed by atoms with Crippen LogP contribution in [-0.2, 0) is 13.0 Å². The van der Waals surface area contributed by atoms with Crippen LogP contribution in [0.4, 0.5) is 10.2 Å². The lowest BCUT2D eigenvalue weighted by Gasteiger charge is -2.20. The zero-order valence-corrected chi connectivity index (χ0v) is 16.5. The monoisotopic (exact) mass is 415 g/mol. The van der Waals surface area contributed by atoms with Crippen LogP contribution in [-0.4, -0.2) is 46.4 Å². The number of carbonyl (C=O) groups is 1. The fourth-order valence-corrected chi connectivity index (χ4v) is 3.96. The molecule has 1 aliphatic heterocycles. The molecule has 2 atom stereocenters. The molecule has 3 heterocycles. The van der Waals surface area contributed by atoms with Gasteiger partial charge in [-0.05, 0) is 24.1 Å². The van der Waals surface area contributed by atoms with Crippen molar-refractivity contribution in [2.75, 3.05) is 18.6 Å². The maximum atomic E-state index is 13.2. The molecule has 9 heteroatoms. The largest absolute Gasteiger partial charge is 0.497 e. The van der Waals surface area contributed by atoms with Crippen molar-refractivity contribution in [2.24, 2.45) is 0 Å². The molecule has 1 saturated carbocycles. The van der Waals surface area contributed by atoms with Gasteiger partial charge in [-0.3, -0.25) is 4.79 Å². The number of halogens is 2. The Bertz CT molecular complexity index is 1100. The molecule has 1 aliphatic carbocycles. The van der Waals surface area contributed by atoms with Crippen LogP contribution in [0.3, 0.4) is 0 Å². The quantitative estimate of drug-likeness (QED) is 0.649. The SMILES string of the molecule is COc1ccc(CN2CCc3c(Cl)nc4c(C(=O)N[C@H]5C[C@H]5F)cnn4c32)cc1. The Balaban J connectivity index is 1.49. The molecule has 0 radical (unpaired) electrons. The Labute approximate surface area is 171 Å². The summed E-state index contributed by atoms with van der Waals surface area (Å²) in [5.41, 5.74) is 2.70. The first kappa shape index (κ1) is 18.2. The summed E-state index contributed by atoms with van der Waals surface area (Å²) < 4.78 is 20.0. The zero-order chi connectivity index (χ0) is 20.1. The van der Waals surface area contributed by atoms with Gasteiger partial charge in [0.05, 0.1) is 19.3 Å². The predicted octanol–water partition coefficient (Wildman–Crippen LogP) is 2.79. The van der Waals surface area contributed by atoms with Crippen LogP contribution in [0, 0.1) is 0 Å². The van der Waals surface area contributed by atoms with E-state index < -0.39 is 12.2 Å². The number of hydrogen-bond acceptors (Lipinski definition) is 5. The lowest BCUT2D eigenvalue weighted by molar-refractivity contribution is 0.0949. The van der Waals surface area contributed by atoms with Crippen LogP contribution in [0.15, 0.2) is 30.5 Å². The second kappa shape index (κ2) is 6.88. The summed E-state index contributed by atoms with van der Waals surface area (Å²) in [7, 11) is 1.64. The molecule has 0 spiro atoms. The van der Waals surface area contributed by atoms with E-state index in [0.29, 0.717) is 29.3 Å². The van der Waals surface area contributed by atoms with E-state index in [1.54, 1.807) is 11.6 Å². The Morgan fingerprint density at radius 1 is 1.38 bits per heavy atom. The van der Waals surface area contributed by atoms with Gasteiger partial charge in [0, 0.05) is 25.1 Å². The number of hydrogen-bond donors (Lipinski definition) is 1. The number of fused-ring (bicyclic) bond motifs is 3. The number of aromatic nitrogens is 3. The molecule has 1 fully saturated rings. The third kappa shape index (κ3) is 3.17. The number of methoxy groups -OCH3 is 1. The van der Waals surface area contributed by atoms with E-state index in [-0.39, 0.29) is 5.91 Å². The molecule has 0 unspecified atom stereocenters. The smallest absolute Gasteiger partial charge is 0.257 e. The summed E-state index contributed by atoms with van der Waals surface area (Å²) in [6, 6.07) is 7.46. The lowest BCUT2D eigenvalue weighted by Crippen LogP contribution is -2.27. The number of rotatable bonds is 5. The normalized spacial score (nSPS) is 20.0. The van der Waals surface area contributed by atoms with E-state index in [1.807, 2.05) is 24.3 Å². The number of ether oxygens (including phenoxy) is 1. The average Bonchev–Trinajstić information content (AvgIpc) is 3.08. The molecule has 1 aromatic carbocycles. The number of nitrogens with one attached hydrogen (secondary N) is 1. The maximum absolute atomic E-state index is 13.2. The first-order valence-electron chi connectivity index (χ1n) is 9.44. The van der Waals surface area contributed by atoms with Gasteiger partial charge in [-0.25, -0.2) is 9.37 Å². The highest BCUT2D eigenvalue weighted by atomic mass is 35.5. The average molecular weight is 416 g/mol. The Kier molecular flexibility index (Phi) is 4.31. The van der Waals surface area contributed by atoms with Crippen molar-refractivity contribution in [3.63, 3.8) is 0 Å². The maximum Gasteiger partial charge on any atom is 0.257 e. The number of carbonyl (C=O) groups excluding carboxylic acids is 1. The topological polar surface area (TPSA) is 71.8 Å². The summed E-state index contributed by atoms with van der Waals surface area (Å²) in [6.45, 7) is 1.44. The Morgan fingerprint density at radius 2 is 2.14 bits per heavy atom. The van der Waals surface area contributed by atoms with Crippen LogP contribution >= 0.6 is 11.6 Å². The molecule has 0 bridgehead atoms. The van der Waals surface area contributed by atoms with Crippen molar-refractivity contribution in [2.45, 2.75) is 31.6 Å².